The maximum absolute atomic E-state index is 14.0. The summed E-state index contributed by atoms with van der Waals surface area (Å²) >= 11 is 1.36. The molecule has 0 saturated heterocycles. The number of allylic oxidation sites excluding steroid dienone is 4. The van der Waals surface area contributed by atoms with Crippen LogP contribution in [-0.4, -0.2) is 27.9 Å². The minimum absolute atomic E-state index is 0.00117. The Morgan fingerprint density at radius 1 is 1.22 bits per heavy atom. The lowest BCUT2D eigenvalue weighted by molar-refractivity contribution is -0.115. The summed E-state index contributed by atoms with van der Waals surface area (Å²) in [7, 11) is 0. The third-order valence-corrected chi connectivity index (χ3v) is 10.5. The Labute approximate surface area is 214 Å². The summed E-state index contributed by atoms with van der Waals surface area (Å²) in [4.78, 5) is 29.4. The number of hydrogen-bond acceptors (Lipinski definition) is 5. The maximum atomic E-state index is 14.0. The molecule has 2 N–H and O–H groups in total. The van der Waals surface area contributed by atoms with Gasteiger partial charge in [-0.1, -0.05) is 37.6 Å². The Kier molecular flexibility index (Phi) is 5.57. The molecule has 1 aromatic carbocycles. The normalized spacial score (nSPS) is 37.1. The highest BCUT2D eigenvalue weighted by atomic mass is 32.1. The fourth-order valence-corrected chi connectivity index (χ4v) is 8.88. The number of aromatic nitrogens is 1. The van der Waals surface area contributed by atoms with E-state index >= 15 is 0 Å². The van der Waals surface area contributed by atoms with Gasteiger partial charge in [0, 0.05) is 22.6 Å². The van der Waals surface area contributed by atoms with Gasteiger partial charge in [-0.2, -0.15) is 0 Å². The zero-order valence-electron chi connectivity index (χ0n) is 20.5. The summed E-state index contributed by atoms with van der Waals surface area (Å²) in [6.45, 7) is 4.50. The summed E-state index contributed by atoms with van der Waals surface area (Å²) in [5.74, 6) is 0.171. The van der Waals surface area contributed by atoms with Crippen LogP contribution in [0.15, 0.2) is 53.4 Å². The third kappa shape index (κ3) is 3.54. The van der Waals surface area contributed by atoms with Crippen molar-refractivity contribution < 1.29 is 19.1 Å². The number of amides is 1. The molecule has 5 nitrogen and oxygen atoms in total. The van der Waals surface area contributed by atoms with Crippen molar-refractivity contribution in [3.63, 3.8) is 0 Å². The number of benzene rings is 1. The standard InChI is InChI=1S/C29H31FN2O3S/c1-28-12-11-17(33)13-16(28)7-8-18-20-9-10-21(29(20,2)14-24(34)25(18)28)23-15-36-27(31-23)32-26(35)19-5-3-4-6-22(19)30/h3-6,11-13,15,18,20-21,24-25,34H,7-10,14H2,1-2H3,(H,31,32,35). The molecule has 4 aliphatic rings. The highest BCUT2D eigenvalue weighted by Gasteiger charge is 2.62. The second-order valence-electron chi connectivity index (χ2n) is 11.4. The van der Waals surface area contributed by atoms with Gasteiger partial charge in [0.2, 0.25) is 0 Å². The van der Waals surface area contributed by atoms with Crippen LogP contribution >= 0.6 is 11.3 Å². The number of nitrogens with zero attached hydrogens (tertiary/aromatic N) is 1. The van der Waals surface area contributed by atoms with Crippen molar-refractivity contribution in [3.8, 4) is 0 Å². The molecule has 0 radical (unpaired) electrons. The van der Waals surface area contributed by atoms with E-state index in [9.17, 15) is 19.1 Å². The van der Waals surface area contributed by atoms with E-state index in [2.05, 4.69) is 19.2 Å². The fourth-order valence-electron chi connectivity index (χ4n) is 8.12. The maximum Gasteiger partial charge on any atom is 0.260 e. The van der Waals surface area contributed by atoms with E-state index in [1.807, 2.05) is 11.5 Å². The number of anilines is 1. The fraction of sp³-hybridized carbons (Fsp3) is 0.483. The van der Waals surface area contributed by atoms with Crippen molar-refractivity contribution >= 4 is 28.2 Å². The second kappa shape index (κ2) is 8.45. The SMILES string of the molecule is CC12C=CC(=O)C=C1CCC1C2C(O)CC2(C)C(c3csc(NC(=O)c4ccccc4F)n3)CCC12. The monoisotopic (exact) mass is 506 g/mol. The van der Waals surface area contributed by atoms with Crippen molar-refractivity contribution in [2.75, 3.05) is 5.32 Å². The van der Waals surface area contributed by atoms with Crippen LogP contribution < -0.4 is 5.32 Å². The van der Waals surface area contributed by atoms with Crippen LogP contribution in [0.5, 0.6) is 0 Å². The number of hydrogen-bond donors (Lipinski definition) is 2. The molecule has 2 aromatic rings. The Morgan fingerprint density at radius 3 is 2.83 bits per heavy atom. The lowest BCUT2D eigenvalue weighted by Gasteiger charge is -2.58. The average molecular weight is 507 g/mol. The molecular weight excluding hydrogens is 475 g/mol. The molecule has 3 fully saturated rings. The molecule has 4 aliphatic carbocycles. The minimum atomic E-state index is -0.556. The smallest absolute Gasteiger partial charge is 0.260 e. The number of ketones is 1. The van der Waals surface area contributed by atoms with Crippen LogP contribution in [0.1, 0.15) is 67.9 Å². The van der Waals surface area contributed by atoms with Crippen molar-refractivity contribution in [2.24, 2.45) is 28.6 Å². The van der Waals surface area contributed by atoms with Gasteiger partial charge in [-0.05, 0) is 73.6 Å². The number of thiazole rings is 1. The first-order valence-corrected chi connectivity index (χ1v) is 13.7. The number of carbonyl (C=O) groups excluding carboxylic acids is 2. The Hall–Kier alpha value is -2.64. The van der Waals surface area contributed by atoms with Crippen LogP contribution in [0.25, 0.3) is 0 Å². The molecule has 3 saturated carbocycles. The Morgan fingerprint density at radius 2 is 2.03 bits per heavy atom. The lowest BCUT2D eigenvalue weighted by Crippen LogP contribution is -2.55. The third-order valence-electron chi connectivity index (χ3n) is 9.71. The number of fused-ring (bicyclic) bond motifs is 5. The first-order chi connectivity index (χ1) is 17.2. The molecule has 1 amide bonds. The predicted molar refractivity (Wildman–Crippen MR) is 137 cm³/mol. The number of aliphatic hydroxyl groups excluding tert-OH is 1. The van der Waals surface area contributed by atoms with Gasteiger partial charge in [0.15, 0.2) is 10.9 Å². The first-order valence-electron chi connectivity index (χ1n) is 12.8. The van der Waals surface area contributed by atoms with Crippen LogP contribution in [0.4, 0.5) is 9.52 Å². The van der Waals surface area contributed by atoms with Gasteiger partial charge in [-0.25, -0.2) is 9.37 Å². The molecule has 1 heterocycles. The zero-order chi connectivity index (χ0) is 25.2. The van der Waals surface area contributed by atoms with Crippen LogP contribution in [0, 0.1) is 34.4 Å². The highest BCUT2D eigenvalue weighted by Crippen LogP contribution is 2.67. The minimum Gasteiger partial charge on any atom is -0.393 e. The molecule has 7 heteroatoms. The van der Waals surface area contributed by atoms with Crippen molar-refractivity contribution in [3.05, 3.63) is 70.5 Å². The summed E-state index contributed by atoms with van der Waals surface area (Å²) in [6, 6.07) is 5.93. The summed E-state index contributed by atoms with van der Waals surface area (Å²) < 4.78 is 14.0. The molecule has 0 spiro atoms. The number of carbonyl (C=O) groups is 2. The molecule has 0 aliphatic heterocycles. The van der Waals surface area contributed by atoms with Gasteiger partial charge >= 0.3 is 0 Å². The molecule has 188 valence electrons. The summed E-state index contributed by atoms with van der Waals surface area (Å²) in [5.41, 5.74) is 1.77. The number of aliphatic hydroxyl groups is 1. The number of nitrogens with one attached hydrogen (secondary N) is 1. The van der Waals surface area contributed by atoms with Gasteiger partial charge in [0.1, 0.15) is 5.82 Å². The van der Waals surface area contributed by atoms with Crippen LogP contribution in [0.2, 0.25) is 0 Å². The van der Waals surface area contributed by atoms with Crippen molar-refractivity contribution in [2.45, 2.75) is 58.0 Å². The van der Waals surface area contributed by atoms with E-state index in [0.717, 1.165) is 31.4 Å². The average Bonchev–Trinajstić information content (AvgIpc) is 3.42. The quantitative estimate of drug-likeness (QED) is 0.544. The predicted octanol–water partition coefficient (Wildman–Crippen LogP) is 5.90. The van der Waals surface area contributed by atoms with E-state index in [1.54, 1.807) is 24.3 Å². The summed E-state index contributed by atoms with van der Waals surface area (Å²) in [6.07, 6.45) is 9.74. The van der Waals surface area contributed by atoms with Crippen molar-refractivity contribution in [1.29, 1.82) is 0 Å². The topological polar surface area (TPSA) is 79.3 Å². The van der Waals surface area contributed by atoms with E-state index < -0.39 is 17.8 Å². The van der Waals surface area contributed by atoms with E-state index in [1.165, 1.54) is 29.0 Å². The molecule has 0 bridgehead atoms. The largest absolute Gasteiger partial charge is 0.393 e. The molecule has 6 rings (SSSR count). The van der Waals surface area contributed by atoms with Crippen LogP contribution in [-0.2, 0) is 4.79 Å². The van der Waals surface area contributed by atoms with E-state index in [4.69, 9.17) is 4.98 Å². The number of halogens is 1. The van der Waals surface area contributed by atoms with E-state index in [-0.39, 0.29) is 34.0 Å². The lowest BCUT2D eigenvalue weighted by atomic mass is 9.47. The Balaban J connectivity index is 1.24. The number of rotatable bonds is 3. The summed E-state index contributed by atoms with van der Waals surface area (Å²) in [5, 5.41) is 16.8. The molecule has 1 aromatic heterocycles. The van der Waals surface area contributed by atoms with Gasteiger partial charge in [0.25, 0.3) is 5.91 Å². The van der Waals surface area contributed by atoms with E-state index in [0.29, 0.717) is 23.4 Å². The van der Waals surface area contributed by atoms with Gasteiger partial charge in [-0.15, -0.1) is 11.3 Å². The molecule has 7 unspecified atom stereocenters. The van der Waals surface area contributed by atoms with Gasteiger partial charge in [0.05, 0.1) is 17.4 Å². The molecule has 36 heavy (non-hydrogen) atoms. The Bertz CT molecular complexity index is 1300. The van der Waals surface area contributed by atoms with Crippen molar-refractivity contribution in [1.82, 2.24) is 4.98 Å². The highest BCUT2D eigenvalue weighted by molar-refractivity contribution is 7.14. The first kappa shape index (κ1) is 23.7. The van der Waals surface area contributed by atoms with Gasteiger partial charge < -0.3 is 5.11 Å². The zero-order valence-corrected chi connectivity index (χ0v) is 21.4. The molecule has 7 atom stereocenters. The second-order valence-corrected chi connectivity index (χ2v) is 12.3. The molecular formula is C29H31FN2O3S. The van der Waals surface area contributed by atoms with Crippen LogP contribution in [0.3, 0.4) is 0 Å². The van der Waals surface area contributed by atoms with Gasteiger partial charge in [-0.3, -0.25) is 14.9 Å².